The number of hydrogen-bond donors (Lipinski definition) is 1. The first kappa shape index (κ1) is 26.5. The molecule has 2 aromatic rings. The normalized spacial score (nSPS) is 16.9. The lowest BCUT2D eigenvalue weighted by molar-refractivity contribution is -0.137. The SMILES string of the molecule is CCOCCCNC(=O)CN1CN(c2ccccc2)C2(CCN(C(=O)c3cc(F)cc(F)c3)CC2)C1=O. The Balaban J connectivity index is 1.47. The largest absolute Gasteiger partial charge is 0.382 e. The number of amides is 3. The van der Waals surface area contributed by atoms with Gasteiger partial charge in [0.1, 0.15) is 23.7 Å². The lowest BCUT2D eigenvalue weighted by atomic mass is 9.85. The zero-order chi connectivity index (χ0) is 26.4. The van der Waals surface area contributed by atoms with Crippen molar-refractivity contribution in [3.8, 4) is 0 Å². The van der Waals surface area contributed by atoms with Crippen LogP contribution >= 0.6 is 0 Å². The van der Waals surface area contributed by atoms with E-state index in [9.17, 15) is 23.2 Å². The number of benzene rings is 2. The summed E-state index contributed by atoms with van der Waals surface area (Å²) >= 11 is 0. The van der Waals surface area contributed by atoms with Gasteiger partial charge in [-0.25, -0.2) is 8.78 Å². The number of rotatable bonds is 9. The summed E-state index contributed by atoms with van der Waals surface area (Å²) in [5.74, 6) is -2.51. The Morgan fingerprint density at radius 1 is 1.05 bits per heavy atom. The average molecular weight is 515 g/mol. The molecular formula is C27H32F2N4O4. The summed E-state index contributed by atoms with van der Waals surface area (Å²) in [5.41, 5.74) is -0.128. The third-order valence-corrected chi connectivity index (χ3v) is 6.90. The monoisotopic (exact) mass is 514 g/mol. The number of para-hydroxylation sites is 1. The molecule has 4 rings (SSSR count). The molecule has 0 aromatic heterocycles. The third kappa shape index (κ3) is 5.90. The smallest absolute Gasteiger partial charge is 0.254 e. The molecule has 2 saturated heterocycles. The van der Waals surface area contributed by atoms with Crippen LogP contribution in [0.5, 0.6) is 0 Å². The predicted molar refractivity (Wildman–Crippen MR) is 134 cm³/mol. The minimum Gasteiger partial charge on any atom is -0.382 e. The van der Waals surface area contributed by atoms with Crippen molar-refractivity contribution in [1.82, 2.24) is 15.1 Å². The summed E-state index contributed by atoms with van der Waals surface area (Å²) in [6, 6.07) is 12.3. The molecule has 0 aliphatic carbocycles. The number of ether oxygens (including phenoxy) is 1. The Kier molecular flexibility index (Phi) is 8.38. The minimum absolute atomic E-state index is 0.0613. The number of halogens is 2. The molecule has 2 heterocycles. The predicted octanol–water partition coefficient (Wildman–Crippen LogP) is 2.79. The summed E-state index contributed by atoms with van der Waals surface area (Å²) < 4.78 is 32.6. The van der Waals surface area contributed by atoms with Crippen molar-refractivity contribution in [2.24, 2.45) is 0 Å². The van der Waals surface area contributed by atoms with Gasteiger partial charge < -0.3 is 24.8 Å². The van der Waals surface area contributed by atoms with Crippen molar-refractivity contribution >= 4 is 23.4 Å². The molecule has 0 saturated carbocycles. The highest BCUT2D eigenvalue weighted by Gasteiger charge is 2.54. The fourth-order valence-electron chi connectivity index (χ4n) is 5.04. The molecule has 2 aliphatic heterocycles. The van der Waals surface area contributed by atoms with E-state index in [1.807, 2.05) is 42.2 Å². The quantitative estimate of drug-likeness (QED) is 0.521. The highest BCUT2D eigenvalue weighted by molar-refractivity contribution is 5.97. The van der Waals surface area contributed by atoms with Crippen LogP contribution in [0.4, 0.5) is 14.5 Å². The fourth-order valence-corrected chi connectivity index (χ4v) is 5.04. The molecule has 37 heavy (non-hydrogen) atoms. The van der Waals surface area contributed by atoms with Gasteiger partial charge in [-0.3, -0.25) is 14.4 Å². The molecular weight excluding hydrogens is 482 g/mol. The molecule has 0 bridgehead atoms. The highest BCUT2D eigenvalue weighted by Crippen LogP contribution is 2.39. The Hall–Kier alpha value is -3.53. The molecule has 0 unspecified atom stereocenters. The average Bonchev–Trinajstić information content (AvgIpc) is 3.14. The van der Waals surface area contributed by atoms with Crippen molar-refractivity contribution in [3.05, 3.63) is 65.7 Å². The maximum Gasteiger partial charge on any atom is 0.254 e. The first-order valence-corrected chi connectivity index (χ1v) is 12.6. The van der Waals surface area contributed by atoms with Crippen molar-refractivity contribution in [1.29, 1.82) is 0 Å². The van der Waals surface area contributed by atoms with Crippen LogP contribution in [-0.2, 0) is 14.3 Å². The summed E-state index contributed by atoms with van der Waals surface area (Å²) in [5, 5.41) is 2.84. The van der Waals surface area contributed by atoms with Crippen LogP contribution in [0.25, 0.3) is 0 Å². The topological polar surface area (TPSA) is 82.2 Å². The van der Waals surface area contributed by atoms with Gasteiger partial charge in [-0.05, 0) is 50.5 Å². The second kappa shape index (κ2) is 11.7. The van der Waals surface area contributed by atoms with Gasteiger partial charge >= 0.3 is 0 Å². The number of anilines is 1. The van der Waals surface area contributed by atoms with Gasteiger partial charge in [0, 0.05) is 50.2 Å². The Morgan fingerprint density at radius 2 is 1.73 bits per heavy atom. The molecule has 2 aliphatic rings. The van der Waals surface area contributed by atoms with Crippen LogP contribution in [0, 0.1) is 11.6 Å². The van der Waals surface area contributed by atoms with E-state index in [2.05, 4.69) is 5.32 Å². The lowest BCUT2D eigenvalue weighted by Gasteiger charge is -2.43. The molecule has 3 amide bonds. The number of carbonyl (C=O) groups excluding carboxylic acids is 3. The number of piperidine rings is 1. The number of nitrogens with zero attached hydrogens (tertiary/aromatic N) is 3. The van der Waals surface area contributed by atoms with Crippen molar-refractivity contribution in [2.75, 3.05) is 51.0 Å². The summed E-state index contributed by atoms with van der Waals surface area (Å²) in [6.45, 7) is 4.21. The summed E-state index contributed by atoms with van der Waals surface area (Å²) in [4.78, 5) is 44.3. The van der Waals surface area contributed by atoms with E-state index in [1.54, 1.807) is 4.90 Å². The Bertz CT molecular complexity index is 1100. The molecule has 1 spiro atoms. The van der Waals surface area contributed by atoms with Gasteiger partial charge in [0.05, 0.1) is 6.67 Å². The van der Waals surface area contributed by atoms with E-state index < -0.39 is 23.1 Å². The van der Waals surface area contributed by atoms with Crippen molar-refractivity contribution in [2.45, 2.75) is 31.7 Å². The Labute approximate surface area is 215 Å². The molecule has 2 aromatic carbocycles. The first-order valence-electron chi connectivity index (χ1n) is 12.6. The summed E-state index contributed by atoms with van der Waals surface area (Å²) in [7, 11) is 0. The molecule has 0 radical (unpaired) electrons. The number of carbonyl (C=O) groups is 3. The van der Waals surface area contributed by atoms with Crippen LogP contribution in [0.1, 0.15) is 36.5 Å². The highest BCUT2D eigenvalue weighted by atomic mass is 19.1. The Morgan fingerprint density at radius 3 is 2.38 bits per heavy atom. The van der Waals surface area contributed by atoms with Crippen LogP contribution < -0.4 is 10.2 Å². The van der Waals surface area contributed by atoms with E-state index >= 15 is 0 Å². The van der Waals surface area contributed by atoms with Gasteiger partial charge in [-0.15, -0.1) is 0 Å². The van der Waals surface area contributed by atoms with E-state index in [0.717, 1.165) is 23.9 Å². The molecule has 0 atom stereocenters. The van der Waals surface area contributed by atoms with E-state index in [4.69, 9.17) is 4.74 Å². The number of likely N-dealkylation sites (tertiary alicyclic amines) is 1. The fraction of sp³-hybridized carbons (Fsp3) is 0.444. The van der Waals surface area contributed by atoms with Crippen LogP contribution in [-0.4, -0.2) is 79.1 Å². The van der Waals surface area contributed by atoms with Gasteiger partial charge in [0.15, 0.2) is 0 Å². The zero-order valence-corrected chi connectivity index (χ0v) is 20.9. The summed E-state index contributed by atoms with van der Waals surface area (Å²) in [6.07, 6.45) is 1.35. The second-order valence-corrected chi connectivity index (χ2v) is 9.29. The first-order chi connectivity index (χ1) is 17.8. The second-order valence-electron chi connectivity index (χ2n) is 9.29. The molecule has 1 N–H and O–H groups in total. The van der Waals surface area contributed by atoms with Gasteiger partial charge in [-0.2, -0.15) is 0 Å². The van der Waals surface area contributed by atoms with Gasteiger partial charge in [0.2, 0.25) is 5.91 Å². The van der Waals surface area contributed by atoms with Crippen LogP contribution in [0.3, 0.4) is 0 Å². The number of hydrogen-bond acceptors (Lipinski definition) is 5. The third-order valence-electron chi connectivity index (χ3n) is 6.90. The standard InChI is InChI=1S/C27H32F2N4O4/c1-2-37-14-6-11-30-24(34)18-32-19-33(23-7-4-3-5-8-23)27(26(32)36)9-12-31(13-10-27)25(35)20-15-21(28)17-22(29)16-20/h3-5,7-8,15-17H,2,6,9-14,18-19H2,1H3,(H,30,34). The zero-order valence-electron chi connectivity index (χ0n) is 20.9. The van der Waals surface area contributed by atoms with E-state index in [1.165, 1.54) is 4.90 Å². The molecule has 2 fully saturated rings. The lowest BCUT2D eigenvalue weighted by Crippen LogP contribution is -2.57. The van der Waals surface area contributed by atoms with E-state index in [-0.39, 0.29) is 43.7 Å². The maximum atomic E-state index is 13.7. The van der Waals surface area contributed by atoms with E-state index in [0.29, 0.717) is 39.0 Å². The van der Waals surface area contributed by atoms with Gasteiger partial charge in [0.25, 0.3) is 11.8 Å². The van der Waals surface area contributed by atoms with Crippen molar-refractivity contribution in [3.63, 3.8) is 0 Å². The van der Waals surface area contributed by atoms with Crippen molar-refractivity contribution < 1.29 is 27.9 Å². The molecule has 8 nitrogen and oxygen atoms in total. The number of nitrogens with one attached hydrogen (secondary N) is 1. The molecule has 10 heteroatoms. The maximum absolute atomic E-state index is 13.7. The van der Waals surface area contributed by atoms with Gasteiger partial charge in [-0.1, -0.05) is 18.2 Å². The molecule has 198 valence electrons. The van der Waals surface area contributed by atoms with Crippen LogP contribution in [0.15, 0.2) is 48.5 Å². The minimum atomic E-state index is -0.916. The van der Waals surface area contributed by atoms with Crippen LogP contribution in [0.2, 0.25) is 0 Å².